The minimum absolute atomic E-state index is 0.141. The van der Waals surface area contributed by atoms with E-state index in [2.05, 4.69) is 0 Å². The zero-order chi connectivity index (χ0) is 11.6. The zero-order valence-electron chi connectivity index (χ0n) is 7.93. The summed E-state index contributed by atoms with van der Waals surface area (Å²) in [5.41, 5.74) is -0.840. The van der Waals surface area contributed by atoms with Crippen molar-refractivity contribution in [2.24, 2.45) is 0 Å². The van der Waals surface area contributed by atoms with Gasteiger partial charge in [-0.05, 0) is 25.1 Å². The zero-order valence-corrected chi connectivity index (χ0v) is 7.93. The molecule has 0 bridgehead atoms. The molecule has 2 nitrogen and oxygen atoms in total. The fourth-order valence-corrected chi connectivity index (χ4v) is 1.10. The standard InChI is InChI=1S/C10H9F3O2/c1-6(15)7-2-8(4-9(11)3-7)10(12,13)5-14/h2-4,14H,5H2,1H3. The molecule has 1 aromatic rings. The minimum atomic E-state index is -3.54. The Morgan fingerprint density at radius 1 is 1.40 bits per heavy atom. The number of carbonyl (C=O) groups is 1. The summed E-state index contributed by atoms with van der Waals surface area (Å²) in [6.45, 7) is -0.274. The SMILES string of the molecule is CC(=O)c1cc(F)cc(C(F)(F)CO)c1. The Bertz CT molecular complexity index is 388. The van der Waals surface area contributed by atoms with Crippen molar-refractivity contribution in [3.05, 3.63) is 35.1 Å². The third kappa shape index (κ3) is 2.56. The number of ketones is 1. The van der Waals surface area contributed by atoms with Crippen molar-refractivity contribution in [2.45, 2.75) is 12.8 Å². The minimum Gasteiger partial charge on any atom is -0.390 e. The number of hydrogen-bond acceptors (Lipinski definition) is 2. The molecule has 0 spiro atoms. The van der Waals surface area contributed by atoms with E-state index in [9.17, 15) is 18.0 Å². The highest BCUT2D eigenvalue weighted by Gasteiger charge is 2.31. The molecule has 0 aliphatic carbocycles. The van der Waals surface area contributed by atoms with Crippen molar-refractivity contribution >= 4 is 5.78 Å². The van der Waals surface area contributed by atoms with E-state index < -0.39 is 29.7 Å². The number of rotatable bonds is 3. The van der Waals surface area contributed by atoms with Crippen molar-refractivity contribution in [3.8, 4) is 0 Å². The summed E-state index contributed by atoms with van der Waals surface area (Å²) < 4.78 is 38.8. The summed E-state index contributed by atoms with van der Waals surface area (Å²) in [4.78, 5) is 10.9. The maximum absolute atomic E-state index is 13.0. The first-order chi connectivity index (χ1) is 6.86. The lowest BCUT2D eigenvalue weighted by Gasteiger charge is -2.14. The summed E-state index contributed by atoms with van der Waals surface area (Å²) in [6.07, 6.45) is 0. The van der Waals surface area contributed by atoms with Gasteiger partial charge >= 0.3 is 0 Å². The molecule has 1 aromatic carbocycles. The van der Waals surface area contributed by atoms with E-state index >= 15 is 0 Å². The number of hydrogen-bond donors (Lipinski definition) is 1. The molecule has 0 fully saturated rings. The van der Waals surface area contributed by atoms with E-state index in [0.717, 1.165) is 19.1 Å². The van der Waals surface area contributed by atoms with Gasteiger partial charge < -0.3 is 5.11 Å². The van der Waals surface area contributed by atoms with Gasteiger partial charge in [0.25, 0.3) is 5.92 Å². The highest BCUT2D eigenvalue weighted by Crippen LogP contribution is 2.28. The molecule has 0 unspecified atom stereocenters. The van der Waals surface area contributed by atoms with Gasteiger partial charge in [0.15, 0.2) is 5.78 Å². The van der Waals surface area contributed by atoms with Crippen LogP contribution in [0.2, 0.25) is 0 Å². The second-order valence-electron chi connectivity index (χ2n) is 3.15. The molecule has 15 heavy (non-hydrogen) atoms. The van der Waals surface area contributed by atoms with E-state index in [1.54, 1.807) is 0 Å². The molecule has 5 heteroatoms. The fourth-order valence-electron chi connectivity index (χ4n) is 1.10. The van der Waals surface area contributed by atoms with Gasteiger partial charge in [-0.15, -0.1) is 0 Å². The van der Waals surface area contributed by atoms with Crippen LogP contribution in [0.15, 0.2) is 18.2 Å². The van der Waals surface area contributed by atoms with Crippen molar-refractivity contribution in [1.82, 2.24) is 0 Å². The van der Waals surface area contributed by atoms with E-state index in [1.807, 2.05) is 0 Å². The number of Topliss-reactive ketones (excluding diaryl/α,β-unsaturated/α-hetero) is 1. The molecule has 0 amide bonds. The Hall–Kier alpha value is -1.36. The van der Waals surface area contributed by atoms with Gasteiger partial charge in [0.1, 0.15) is 12.4 Å². The van der Waals surface area contributed by atoms with E-state index in [1.165, 1.54) is 0 Å². The van der Waals surface area contributed by atoms with Gasteiger partial charge in [-0.1, -0.05) is 0 Å². The van der Waals surface area contributed by atoms with Crippen LogP contribution in [0.5, 0.6) is 0 Å². The number of carbonyl (C=O) groups excluding carboxylic acids is 1. The molecule has 0 atom stereocenters. The Labute approximate surface area is 84.3 Å². The van der Waals surface area contributed by atoms with Crippen LogP contribution in [-0.2, 0) is 5.92 Å². The lowest BCUT2D eigenvalue weighted by molar-refractivity contribution is -0.0558. The largest absolute Gasteiger partial charge is 0.390 e. The Morgan fingerprint density at radius 3 is 2.47 bits per heavy atom. The monoisotopic (exact) mass is 218 g/mol. The molecule has 0 saturated carbocycles. The maximum Gasteiger partial charge on any atom is 0.295 e. The molecule has 0 saturated heterocycles. The average Bonchev–Trinajstić information content (AvgIpc) is 2.16. The van der Waals surface area contributed by atoms with Crippen molar-refractivity contribution in [2.75, 3.05) is 6.61 Å². The average molecular weight is 218 g/mol. The molecule has 82 valence electrons. The fraction of sp³-hybridized carbons (Fsp3) is 0.300. The molecule has 0 aromatic heterocycles. The predicted molar refractivity (Wildman–Crippen MR) is 47.4 cm³/mol. The quantitative estimate of drug-likeness (QED) is 0.789. The normalized spacial score (nSPS) is 11.5. The maximum atomic E-state index is 13.0. The molecular weight excluding hydrogens is 209 g/mol. The highest BCUT2D eigenvalue weighted by atomic mass is 19.3. The van der Waals surface area contributed by atoms with Gasteiger partial charge in [-0.25, -0.2) is 4.39 Å². The molecule has 1 N–H and O–H groups in total. The number of halogens is 3. The number of benzene rings is 1. The molecular formula is C10H9F3O2. The van der Waals surface area contributed by atoms with Crippen molar-refractivity contribution in [3.63, 3.8) is 0 Å². The van der Waals surface area contributed by atoms with Crippen LogP contribution in [0.3, 0.4) is 0 Å². The molecule has 0 radical (unpaired) electrons. The number of aliphatic hydroxyl groups is 1. The second-order valence-corrected chi connectivity index (χ2v) is 3.15. The molecule has 0 aliphatic heterocycles. The van der Waals surface area contributed by atoms with Crippen molar-refractivity contribution in [1.29, 1.82) is 0 Å². The van der Waals surface area contributed by atoms with E-state index in [-0.39, 0.29) is 5.56 Å². The van der Waals surface area contributed by atoms with Gasteiger partial charge in [0.05, 0.1) is 0 Å². The van der Waals surface area contributed by atoms with E-state index in [4.69, 9.17) is 5.11 Å². The number of alkyl halides is 2. The van der Waals surface area contributed by atoms with Crippen LogP contribution in [0.25, 0.3) is 0 Å². The highest BCUT2D eigenvalue weighted by molar-refractivity contribution is 5.94. The first-order valence-electron chi connectivity index (χ1n) is 4.17. The van der Waals surface area contributed by atoms with Crippen LogP contribution in [0.1, 0.15) is 22.8 Å². The molecule has 0 aliphatic rings. The first-order valence-corrected chi connectivity index (χ1v) is 4.17. The van der Waals surface area contributed by atoms with Crippen LogP contribution < -0.4 is 0 Å². The number of aliphatic hydroxyl groups excluding tert-OH is 1. The van der Waals surface area contributed by atoms with Crippen LogP contribution in [0, 0.1) is 5.82 Å². The Balaban J connectivity index is 3.26. The van der Waals surface area contributed by atoms with Gasteiger partial charge in [-0.2, -0.15) is 8.78 Å². The Kier molecular flexibility index (Phi) is 3.14. The third-order valence-corrected chi connectivity index (χ3v) is 1.93. The van der Waals surface area contributed by atoms with Gasteiger partial charge in [-0.3, -0.25) is 4.79 Å². The summed E-state index contributed by atoms with van der Waals surface area (Å²) in [7, 11) is 0. The second kappa shape index (κ2) is 4.02. The van der Waals surface area contributed by atoms with Gasteiger partial charge in [0, 0.05) is 11.1 Å². The van der Waals surface area contributed by atoms with Gasteiger partial charge in [0.2, 0.25) is 0 Å². The lowest BCUT2D eigenvalue weighted by Crippen LogP contribution is -2.19. The Morgan fingerprint density at radius 2 is 2.00 bits per heavy atom. The molecule has 0 heterocycles. The van der Waals surface area contributed by atoms with Crippen LogP contribution >= 0.6 is 0 Å². The van der Waals surface area contributed by atoms with Crippen LogP contribution in [-0.4, -0.2) is 17.5 Å². The summed E-state index contributed by atoms with van der Waals surface area (Å²) >= 11 is 0. The van der Waals surface area contributed by atoms with E-state index in [0.29, 0.717) is 6.07 Å². The topological polar surface area (TPSA) is 37.3 Å². The lowest BCUT2D eigenvalue weighted by atomic mass is 10.0. The predicted octanol–water partition coefficient (Wildman–Crippen LogP) is 2.11. The molecule has 1 rings (SSSR count). The van der Waals surface area contributed by atoms with Crippen molar-refractivity contribution < 1.29 is 23.1 Å². The summed E-state index contributed by atoms with van der Waals surface area (Å²) in [5, 5.41) is 8.41. The summed E-state index contributed by atoms with van der Waals surface area (Å²) in [6, 6.07) is 2.35. The van der Waals surface area contributed by atoms with Crippen LogP contribution in [0.4, 0.5) is 13.2 Å². The smallest absolute Gasteiger partial charge is 0.295 e. The first kappa shape index (κ1) is 11.7. The summed E-state index contributed by atoms with van der Waals surface area (Å²) in [5.74, 6) is -4.97. The third-order valence-electron chi connectivity index (χ3n) is 1.93.